The lowest BCUT2D eigenvalue weighted by atomic mass is 10.0. The van der Waals surface area contributed by atoms with Crippen LogP contribution in [0.5, 0.6) is 11.5 Å². The van der Waals surface area contributed by atoms with Gasteiger partial charge in [0.05, 0.1) is 25.8 Å². The number of nitrogens with zero attached hydrogens (tertiary/aromatic N) is 1. The minimum atomic E-state index is -0.388. The molecule has 2 unspecified atom stereocenters. The number of carbonyl (C=O) groups excluding carboxylic acids is 2. The standard InChI is InChI=1S/C19H29N3O4.ClH/c1-12(2)5-14(10-20)21-19(24)13-6-18(23)22(11-13)15-7-16(25-3)9-17(8-15)26-4;/h7-9,12-14H,5-6,10-11,20H2,1-4H3,(H,21,24);1H. The minimum absolute atomic E-state index is 0. The van der Waals surface area contributed by atoms with Crippen LogP contribution in [-0.2, 0) is 9.59 Å². The number of halogens is 1. The van der Waals surface area contributed by atoms with Crippen LogP contribution >= 0.6 is 12.4 Å². The van der Waals surface area contributed by atoms with E-state index in [1.54, 1.807) is 37.3 Å². The molecule has 0 spiro atoms. The normalized spacial score (nSPS) is 17.5. The van der Waals surface area contributed by atoms with Gasteiger partial charge in [-0.2, -0.15) is 0 Å². The fraction of sp³-hybridized carbons (Fsp3) is 0.579. The van der Waals surface area contributed by atoms with Crippen molar-refractivity contribution in [3.8, 4) is 11.5 Å². The van der Waals surface area contributed by atoms with E-state index in [0.29, 0.717) is 36.2 Å². The van der Waals surface area contributed by atoms with Crippen molar-refractivity contribution in [3.05, 3.63) is 18.2 Å². The Morgan fingerprint density at radius 2 is 1.85 bits per heavy atom. The summed E-state index contributed by atoms with van der Waals surface area (Å²) in [5, 5.41) is 2.99. The van der Waals surface area contributed by atoms with Crippen LogP contribution < -0.4 is 25.4 Å². The van der Waals surface area contributed by atoms with Crippen molar-refractivity contribution < 1.29 is 19.1 Å². The highest BCUT2D eigenvalue weighted by Crippen LogP contribution is 2.32. The lowest BCUT2D eigenvalue weighted by Crippen LogP contribution is -2.44. The number of nitrogens with one attached hydrogen (secondary N) is 1. The van der Waals surface area contributed by atoms with Crippen LogP contribution in [0.1, 0.15) is 26.7 Å². The number of amides is 2. The first-order valence-electron chi connectivity index (χ1n) is 8.91. The van der Waals surface area contributed by atoms with E-state index in [1.807, 2.05) is 0 Å². The summed E-state index contributed by atoms with van der Waals surface area (Å²) >= 11 is 0. The van der Waals surface area contributed by atoms with Gasteiger partial charge in [-0.1, -0.05) is 13.8 Å². The van der Waals surface area contributed by atoms with Gasteiger partial charge in [-0.3, -0.25) is 9.59 Å². The van der Waals surface area contributed by atoms with Crippen molar-refractivity contribution in [2.24, 2.45) is 17.6 Å². The summed E-state index contributed by atoms with van der Waals surface area (Å²) in [4.78, 5) is 26.6. The molecule has 3 N–H and O–H groups in total. The molecule has 1 aromatic carbocycles. The summed E-state index contributed by atoms with van der Waals surface area (Å²) in [7, 11) is 3.12. The largest absolute Gasteiger partial charge is 0.497 e. The van der Waals surface area contributed by atoms with Gasteiger partial charge < -0.3 is 25.4 Å². The average molecular weight is 400 g/mol. The third-order valence-corrected chi connectivity index (χ3v) is 4.53. The van der Waals surface area contributed by atoms with Gasteiger partial charge in [0.15, 0.2) is 0 Å². The number of hydrogen-bond acceptors (Lipinski definition) is 5. The van der Waals surface area contributed by atoms with Gasteiger partial charge in [0.25, 0.3) is 0 Å². The number of ether oxygens (including phenoxy) is 2. The predicted molar refractivity (Wildman–Crippen MR) is 108 cm³/mol. The Bertz CT molecular complexity index is 632. The second kappa shape index (κ2) is 10.4. The van der Waals surface area contributed by atoms with Crippen molar-refractivity contribution in [2.75, 3.05) is 32.2 Å². The second-order valence-corrected chi connectivity index (χ2v) is 7.05. The molecule has 1 heterocycles. The van der Waals surface area contributed by atoms with Crippen LogP contribution in [-0.4, -0.2) is 45.2 Å². The number of nitrogens with two attached hydrogens (primary N) is 1. The summed E-state index contributed by atoms with van der Waals surface area (Å²) in [6, 6.07) is 5.21. The van der Waals surface area contributed by atoms with E-state index in [0.717, 1.165) is 6.42 Å². The third kappa shape index (κ3) is 6.01. The van der Waals surface area contributed by atoms with Gasteiger partial charge in [0.1, 0.15) is 11.5 Å². The third-order valence-electron chi connectivity index (χ3n) is 4.53. The minimum Gasteiger partial charge on any atom is -0.497 e. The monoisotopic (exact) mass is 399 g/mol. The molecule has 1 saturated heterocycles. The SMILES string of the molecule is COc1cc(OC)cc(N2CC(C(=O)NC(CN)CC(C)C)CC2=O)c1.Cl. The van der Waals surface area contributed by atoms with Crippen LogP contribution in [0, 0.1) is 11.8 Å². The Morgan fingerprint density at radius 3 is 2.33 bits per heavy atom. The maximum atomic E-state index is 12.6. The summed E-state index contributed by atoms with van der Waals surface area (Å²) in [5.41, 5.74) is 6.42. The summed E-state index contributed by atoms with van der Waals surface area (Å²) in [6.45, 7) is 4.90. The van der Waals surface area contributed by atoms with Crippen molar-refractivity contribution in [3.63, 3.8) is 0 Å². The maximum Gasteiger partial charge on any atom is 0.227 e. The van der Waals surface area contributed by atoms with E-state index >= 15 is 0 Å². The zero-order valence-corrected chi connectivity index (χ0v) is 17.2. The Hall–Kier alpha value is -1.99. The number of carbonyl (C=O) groups is 2. The maximum absolute atomic E-state index is 12.6. The molecule has 0 aliphatic carbocycles. The van der Waals surface area contributed by atoms with Crippen molar-refractivity contribution in [2.45, 2.75) is 32.7 Å². The van der Waals surface area contributed by atoms with Gasteiger partial charge in [-0.25, -0.2) is 0 Å². The van der Waals surface area contributed by atoms with Gasteiger partial charge in [0.2, 0.25) is 11.8 Å². The van der Waals surface area contributed by atoms with E-state index in [2.05, 4.69) is 19.2 Å². The molecule has 1 aromatic rings. The first kappa shape index (κ1) is 23.0. The molecule has 0 bridgehead atoms. The van der Waals surface area contributed by atoms with Crippen molar-refractivity contribution in [1.29, 1.82) is 0 Å². The van der Waals surface area contributed by atoms with E-state index in [4.69, 9.17) is 15.2 Å². The highest BCUT2D eigenvalue weighted by Gasteiger charge is 2.36. The molecule has 2 rings (SSSR count). The molecular formula is C19H30ClN3O4. The molecule has 27 heavy (non-hydrogen) atoms. The Kier molecular flexibility index (Phi) is 8.85. The molecule has 0 saturated carbocycles. The van der Waals surface area contributed by atoms with Crippen LogP contribution in [0.15, 0.2) is 18.2 Å². The van der Waals surface area contributed by atoms with Crippen molar-refractivity contribution in [1.82, 2.24) is 5.32 Å². The lowest BCUT2D eigenvalue weighted by Gasteiger charge is -2.21. The fourth-order valence-corrected chi connectivity index (χ4v) is 3.18. The molecule has 7 nitrogen and oxygen atoms in total. The predicted octanol–water partition coefficient (Wildman–Crippen LogP) is 1.97. The highest BCUT2D eigenvalue weighted by atomic mass is 35.5. The van der Waals surface area contributed by atoms with E-state index in [9.17, 15) is 9.59 Å². The number of rotatable bonds is 8. The molecule has 1 aliphatic rings. The molecule has 8 heteroatoms. The number of hydrogen-bond donors (Lipinski definition) is 2. The first-order valence-corrected chi connectivity index (χ1v) is 8.91. The van der Waals surface area contributed by atoms with Crippen LogP contribution in [0.3, 0.4) is 0 Å². The van der Waals surface area contributed by atoms with E-state index in [1.165, 1.54) is 0 Å². The van der Waals surface area contributed by atoms with Gasteiger partial charge in [-0.05, 0) is 12.3 Å². The van der Waals surface area contributed by atoms with Gasteiger partial charge in [-0.15, -0.1) is 12.4 Å². The Labute approximate surface area is 167 Å². The molecular weight excluding hydrogens is 370 g/mol. The molecule has 0 radical (unpaired) electrons. The molecule has 2 amide bonds. The van der Waals surface area contributed by atoms with E-state index < -0.39 is 0 Å². The molecule has 0 aromatic heterocycles. The number of anilines is 1. The molecule has 152 valence electrons. The fourth-order valence-electron chi connectivity index (χ4n) is 3.18. The average Bonchev–Trinajstić information content (AvgIpc) is 3.02. The molecule has 1 aliphatic heterocycles. The topological polar surface area (TPSA) is 93.9 Å². The summed E-state index contributed by atoms with van der Waals surface area (Å²) in [5.74, 6) is 1.04. The van der Waals surface area contributed by atoms with Crippen molar-refractivity contribution >= 4 is 29.9 Å². The van der Waals surface area contributed by atoms with Crippen LogP contribution in [0.4, 0.5) is 5.69 Å². The second-order valence-electron chi connectivity index (χ2n) is 7.05. The number of benzene rings is 1. The van der Waals surface area contributed by atoms with Gasteiger partial charge in [0, 0.05) is 43.8 Å². The molecule has 1 fully saturated rings. The number of methoxy groups -OCH3 is 2. The zero-order chi connectivity index (χ0) is 19.3. The van der Waals surface area contributed by atoms with Gasteiger partial charge >= 0.3 is 0 Å². The lowest BCUT2D eigenvalue weighted by molar-refractivity contribution is -0.127. The van der Waals surface area contributed by atoms with Crippen LogP contribution in [0.2, 0.25) is 0 Å². The summed E-state index contributed by atoms with van der Waals surface area (Å²) < 4.78 is 10.5. The highest BCUT2D eigenvalue weighted by molar-refractivity contribution is 6.00. The molecule has 2 atom stereocenters. The Morgan fingerprint density at radius 1 is 1.26 bits per heavy atom. The Balaban J connectivity index is 0.00000364. The summed E-state index contributed by atoms with van der Waals surface area (Å²) in [6.07, 6.45) is 1.00. The smallest absolute Gasteiger partial charge is 0.227 e. The quantitative estimate of drug-likeness (QED) is 0.697. The van der Waals surface area contributed by atoms with Crippen LogP contribution in [0.25, 0.3) is 0 Å². The zero-order valence-electron chi connectivity index (χ0n) is 16.4. The van der Waals surface area contributed by atoms with E-state index in [-0.39, 0.29) is 42.6 Å². The first-order chi connectivity index (χ1) is 12.4.